The van der Waals surface area contributed by atoms with Gasteiger partial charge < -0.3 is 10.2 Å². The van der Waals surface area contributed by atoms with Crippen molar-refractivity contribution in [2.75, 3.05) is 26.2 Å². The maximum absolute atomic E-state index is 11.4. The quantitative estimate of drug-likeness (QED) is 0.653. The van der Waals surface area contributed by atoms with Crippen LogP contribution in [-0.2, 0) is 4.79 Å². The van der Waals surface area contributed by atoms with Crippen LogP contribution in [0.4, 0.5) is 0 Å². The van der Waals surface area contributed by atoms with Crippen molar-refractivity contribution in [1.82, 2.24) is 10.2 Å². The molecule has 1 saturated heterocycles. The number of carbonyl (C=O) groups excluding carboxylic acids is 1. The summed E-state index contributed by atoms with van der Waals surface area (Å²) in [6.45, 7) is 7.85. The summed E-state index contributed by atoms with van der Waals surface area (Å²) in [5.41, 5.74) is 0. The molecule has 1 fully saturated rings. The van der Waals surface area contributed by atoms with Crippen LogP contribution in [-0.4, -0.2) is 37.0 Å². The van der Waals surface area contributed by atoms with E-state index >= 15 is 0 Å². The third-order valence-corrected chi connectivity index (χ3v) is 2.01. The fraction of sp³-hybridized carbons (Fsp3) is 0.889. The van der Waals surface area contributed by atoms with Crippen LogP contribution >= 0.6 is 0 Å². The Labute approximate surface area is 74.1 Å². The summed E-state index contributed by atoms with van der Waals surface area (Å²) in [7, 11) is 0. The van der Waals surface area contributed by atoms with Crippen LogP contribution in [0.2, 0.25) is 0 Å². The molecule has 0 radical (unpaired) electrons. The average molecular weight is 170 g/mol. The molecule has 0 aromatic carbocycles. The molecular weight excluding hydrogens is 152 g/mol. The summed E-state index contributed by atoms with van der Waals surface area (Å²) in [5.74, 6) is 0.876. The van der Waals surface area contributed by atoms with Crippen molar-refractivity contribution in [2.24, 2.45) is 5.92 Å². The molecule has 0 bridgehead atoms. The lowest BCUT2D eigenvalue weighted by Gasteiger charge is -2.21. The van der Waals surface area contributed by atoms with Crippen LogP contribution < -0.4 is 5.32 Å². The van der Waals surface area contributed by atoms with Gasteiger partial charge in [-0.05, 0) is 5.92 Å². The largest absolute Gasteiger partial charge is 0.341 e. The first-order valence-electron chi connectivity index (χ1n) is 4.68. The predicted octanol–water partition coefficient (Wildman–Crippen LogP) is 0.464. The number of hydrogen-bond donors (Lipinski definition) is 1. The SMILES string of the molecule is CC(C)CN1CCNCCC1=O. The van der Waals surface area contributed by atoms with Gasteiger partial charge in [0.05, 0.1) is 0 Å². The minimum atomic E-state index is 0.300. The summed E-state index contributed by atoms with van der Waals surface area (Å²) >= 11 is 0. The standard InChI is InChI=1S/C9H18N2O/c1-8(2)7-11-6-5-10-4-3-9(11)12/h8,10H,3-7H2,1-2H3. The van der Waals surface area contributed by atoms with Crippen molar-refractivity contribution in [1.29, 1.82) is 0 Å². The van der Waals surface area contributed by atoms with Gasteiger partial charge in [-0.3, -0.25) is 4.79 Å². The Hall–Kier alpha value is -0.570. The fourth-order valence-electron chi connectivity index (χ4n) is 1.45. The van der Waals surface area contributed by atoms with Gasteiger partial charge in [0.25, 0.3) is 0 Å². The highest BCUT2D eigenvalue weighted by atomic mass is 16.2. The fourth-order valence-corrected chi connectivity index (χ4v) is 1.45. The van der Waals surface area contributed by atoms with Crippen LogP contribution in [0.5, 0.6) is 0 Å². The molecule has 0 aromatic heterocycles. The highest BCUT2D eigenvalue weighted by Crippen LogP contribution is 2.02. The minimum Gasteiger partial charge on any atom is -0.341 e. The summed E-state index contributed by atoms with van der Waals surface area (Å²) in [6, 6.07) is 0. The van der Waals surface area contributed by atoms with Gasteiger partial charge in [-0.2, -0.15) is 0 Å². The van der Waals surface area contributed by atoms with Crippen LogP contribution in [0.15, 0.2) is 0 Å². The van der Waals surface area contributed by atoms with Crippen molar-refractivity contribution in [2.45, 2.75) is 20.3 Å². The third-order valence-electron chi connectivity index (χ3n) is 2.01. The first-order valence-corrected chi connectivity index (χ1v) is 4.68. The molecule has 3 heteroatoms. The van der Waals surface area contributed by atoms with Crippen molar-refractivity contribution in [3.05, 3.63) is 0 Å². The zero-order valence-electron chi connectivity index (χ0n) is 7.97. The zero-order chi connectivity index (χ0) is 8.97. The number of nitrogens with one attached hydrogen (secondary N) is 1. The van der Waals surface area contributed by atoms with Gasteiger partial charge in [0.15, 0.2) is 0 Å². The number of carbonyl (C=O) groups is 1. The lowest BCUT2D eigenvalue weighted by molar-refractivity contribution is -0.130. The van der Waals surface area contributed by atoms with Gasteiger partial charge in [0, 0.05) is 32.6 Å². The Morgan fingerprint density at radius 1 is 1.50 bits per heavy atom. The van der Waals surface area contributed by atoms with E-state index in [1.165, 1.54) is 0 Å². The molecule has 0 saturated carbocycles. The monoisotopic (exact) mass is 170 g/mol. The Bertz CT molecular complexity index is 157. The van der Waals surface area contributed by atoms with Crippen molar-refractivity contribution >= 4 is 5.91 Å². The maximum atomic E-state index is 11.4. The van der Waals surface area contributed by atoms with E-state index in [2.05, 4.69) is 19.2 Å². The second-order valence-electron chi connectivity index (χ2n) is 3.73. The summed E-state index contributed by atoms with van der Waals surface area (Å²) in [6.07, 6.45) is 0.659. The first kappa shape index (κ1) is 9.52. The molecule has 1 N–H and O–H groups in total. The van der Waals surface area contributed by atoms with Crippen molar-refractivity contribution in [3.63, 3.8) is 0 Å². The Morgan fingerprint density at radius 2 is 2.25 bits per heavy atom. The molecule has 0 aliphatic carbocycles. The smallest absolute Gasteiger partial charge is 0.223 e. The lowest BCUT2D eigenvalue weighted by atomic mass is 10.2. The molecule has 0 spiro atoms. The van der Waals surface area contributed by atoms with Gasteiger partial charge in [-0.1, -0.05) is 13.8 Å². The van der Waals surface area contributed by atoms with Crippen LogP contribution in [0, 0.1) is 5.92 Å². The lowest BCUT2D eigenvalue weighted by Crippen LogP contribution is -2.35. The molecular formula is C9H18N2O. The summed E-state index contributed by atoms with van der Waals surface area (Å²) < 4.78 is 0. The first-order chi connectivity index (χ1) is 5.70. The van der Waals surface area contributed by atoms with E-state index in [4.69, 9.17) is 0 Å². The second kappa shape index (κ2) is 4.45. The number of hydrogen-bond acceptors (Lipinski definition) is 2. The van der Waals surface area contributed by atoms with Crippen molar-refractivity contribution in [3.8, 4) is 0 Å². The molecule has 1 aliphatic rings. The zero-order valence-corrected chi connectivity index (χ0v) is 7.97. The van der Waals surface area contributed by atoms with Gasteiger partial charge in [0.1, 0.15) is 0 Å². The van der Waals surface area contributed by atoms with E-state index in [0.717, 1.165) is 26.2 Å². The van der Waals surface area contributed by atoms with Gasteiger partial charge in [0.2, 0.25) is 5.91 Å². The highest BCUT2D eigenvalue weighted by molar-refractivity contribution is 5.76. The van der Waals surface area contributed by atoms with Gasteiger partial charge in [-0.15, -0.1) is 0 Å². The molecule has 70 valence electrons. The third kappa shape index (κ3) is 2.81. The molecule has 0 atom stereocenters. The number of nitrogens with zero attached hydrogens (tertiary/aromatic N) is 1. The van der Waals surface area contributed by atoms with E-state index in [1.54, 1.807) is 0 Å². The molecule has 1 aliphatic heterocycles. The van der Waals surface area contributed by atoms with E-state index in [9.17, 15) is 4.79 Å². The molecule has 12 heavy (non-hydrogen) atoms. The normalized spacial score (nSPS) is 19.9. The maximum Gasteiger partial charge on any atom is 0.223 e. The number of rotatable bonds is 2. The summed E-state index contributed by atoms with van der Waals surface area (Å²) in [5, 5.41) is 3.22. The molecule has 1 rings (SSSR count). The highest BCUT2D eigenvalue weighted by Gasteiger charge is 2.16. The number of amides is 1. The predicted molar refractivity (Wildman–Crippen MR) is 48.9 cm³/mol. The Kier molecular flexibility index (Phi) is 3.53. The topological polar surface area (TPSA) is 32.3 Å². The van der Waals surface area contributed by atoms with E-state index in [0.29, 0.717) is 18.2 Å². The molecule has 1 heterocycles. The van der Waals surface area contributed by atoms with Gasteiger partial charge in [-0.25, -0.2) is 0 Å². The van der Waals surface area contributed by atoms with E-state index in [-0.39, 0.29) is 0 Å². The summed E-state index contributed by atoms with van der Waals surface area (Å²) in [4.78, 5) is 13.4. The molecule has 0 unspecified atom stereocenters. The minimum absolute atomic E-state index is 0.300. The van der Waals surface area contributed by atoms with Crippen LogP contribution in [0.25, 0.3) is 0 Å². The second-order valence-corrected chi connectivity index (χ2v) is 3.73. The molecule has 1 amide bonds. The van der Waals surface area contributed by atoms with E-state index < -0.39 is 0 Å². The Balaban J connectivity index is 2.42. The van der Waals surface area contributed by atoms with Crippen LogP contribution in [0.1, 0.15) is 20.3 Å². The average Bonchev–Trinajstić information content (AvgIpc) is 2.16. The molecule has 0 aromatic rings. The van der Waals surface area contributed by atoms with Crippen molar-refractivity contribution < 1.29 is 4.79 Å². The molecule has 3 nitrogen and oxygen atoms in total. The van der Waals surface area contributed by atoms with Crippen LogP contribution in [0.3, 0.4) is 0 Å². The van der Waals surface area contributed by atoms with Gasteiger partial charge >= 0.3 is 0 Å². The Morgan fingerprint density at radius 3 is 2.92 bits per heavy atom. The van der Waals surface area contributed by atoms with E-state index in [1.807, 2.05) is 4.90 Å².